The highest BCUT2D eigenvalue weighted by Crippen LogP contribution is 2.37. The summed E-state index contributed by atoms with van der Waals surface area (Å²) in [5.74, 6) is 0.546. The van der Waals surface area contributed by atoms with Crippen LogP contribution in [0.5, 0.6) is 0 Å². The average Bonchev–Trinajstić information content (AvgIpc) is 3.38. The van der Waals surface area contributed by atoms with Crippen LogP contribution in [0, 0.1) is 13.8 Å². The second kappa shape index (κ2) is 7.54. The Labute approximate surface area is 181 Å². The molecule has 0 N–H and O–H groups in total. The maximum Gasteiger partial charge on any atom is 0.276 e. The van der Waals surface area contributed by atoms with Crippen LogP contribution in [0.4, 0.5) is 0 Å². The average molecular weight is 412 g/mol. The van der Waals surface area contributed by atoms with Crippen LogP contribution in [0.2, 0.25) is 0 Å². The highest BCUT2D eigenvalue weighted by atomic mass is 16.5. The van der Waals surface area contributed by atoms with Gasteiger partial charge in [-0.1, -0.05) is 59.8 Å². The first-order valence-electron chi connectivity index (χ1n) is 10.4. The number of nitrogens with zero attached hydrogens (tertiary/aromatic N) is 4. The van der Waals surface area contributed by atoms with Gasteiger partial charge in [0.25, 0.3) is 5.91 Å². The topological polar surface area (TPSA) is 64.2 Å². The Kier molecular flexibility index (Phi) is 4.70. The summed E-state index contributed by atoms with van der Waals surface area (Å²) in [5, 5.41) is 8.69. The van der Waals surface area contributed by atoms with E-state index in [9.17, 15) is 4.79 Å². The Morgan fingerprint density at radius 2 is 1.81 bits per heavy atom. The maximum absolute atomic E-state index is 13.4. The summed E-state index contributed by atoms with van der Waals surface area (Å²) in [5.41, 5.74) is 6.96. The molecule has 1 unspecified atom stereocenters. The summed E-state index contributed by atoms with van der Waals surface area (Å²) in [7, 11) is 1.96. The standard InChI is InChI=1S/C25H24N4O2/c1-16-24(17(2)28(3)26-16)21-15-29(14-19-11-7-8-12-20(19)21)25(30)22-13-23(31-27-22)18-9-5-4-6-10-18/h4-13,21H,14-15H2,1-3H3. The van der Waals surface area contributed by atoms with E-state index in [1.54, 1.807) is 6.07 Å². The van der Waals surface area contributed by atoms with Crippen molar-refractivity contribution in [2.24, 2.45) is 7.05 Å². The normalized spacial score (nSPS) is 15.7. The van der Waals surface area contributed by atoms with Crippen molar-refractivity contribution >= 4 is 5.91 Å². The number of hydrogen-bond donors (Lipinski definition) is 0. The van der Waals surface area contributed by atoms with Crippen LogP contribution in [0.3, 0.4) is 0 Å². The quantitative estimate of drug-likeness (QED) is 0.498. The number of rotatable bonds is 3. The zero-order valence-electron chi connectivity index (χ0n) is 17.9. The fourth-order valence-corrected chi connectivity index (χ4v) is 4.58. The zero-order chi connectivity index (χ0) is 21.5. The second-order valence-electron chi connectivity index (χ2n) is 8.09. The molecule has 1 atom stereocenters. The maximum atomic E-state index is 13.4. The fourth-order valence-electron chi connectivity index (χ4n) is 4.58. The van der Waals surface area contributed by atoms with E-state index < -0.39 is 0 Å². The van der Waals surface area contributed by atoms with Gasteiger partial charge in [-0.05, 0) is 25.0 Å². The van der Waals surface area contributed by atoms with Crippen LogP contribution in [0.1, 0.15) is 44.5 Å². The number of aryl methyl sites for hydroxylation is 2. The number of benzene rings is 2. The zero-order valence-corrected chi connectivity index (χ0v) is 17.9. The van der Waals surface area contributed by atoms with Crippen LogP contribution in [0.25, 0.3) is 11.3 Å². The van der Waals surface area contributed by atoms with Crippen LogP contribution < -0.4 is 0 Å². The fraction of sp³-hybridized carbons (Fsp3) is 0.240. The van der Waals surface area contributed by atoms with Crippen molar-refractivity contribution in [1.29, 1.82) is 0 Å². The molecular weight excluding hydrogens is 388 g/mol. The molecule has 3 heterocycles. The first-order chi connectivity index (χ1) is 15.0. The van der Waals surface area contributed by atoms with Gasteiger partial charge in [0.05, 0.1) is 5.69 Å². The second-order valence-corrected chi connectivity index (χ2v) is 8.09. The highest BCUT2D eigenvalue weighted by molar-refractivity contribution is 5.93. The van der Waals surface area contributed by atoms with Crippen molar-refractivity contribution in [2.75, 3.05) is 6.54 Å². The monoisotopic (exact) mass is 412 g/mol. The van der Waals surface area contributed by atoms with Crippen LogP contribution in [-0.2, 0) is 13.6 Å². The lowest BCUT2D eigenvalue weighted by atomic mass is 9.83. The molecule has 0 saturated heterocycles. The molecule has 4 aromatic rings. The molecule has 2 aromatic carbocycles. The molecule has 1 aliphatic heterocycles. The van der Waals surface area contributed by atoms with Gasteiger partial charge in [-0.2, -0.15) is 5.10 Å². The smallest absolute Gasteiger partial charge is 0.276 e. The number of carbonyl (C=O) groups is 1. The number of amides is 1. The summed E-state index contributed by atoms with van der Waals surface area (Å²) >= 11 is 0. The molecule has 6 heteroatoms. The van der Waals surface area contributed by atoms with Gasteiger partial charge in [0, 0.05) is 48.9 Å². The number of carbonyl (C=O) groups excluding carboxylic acids is 1. The van der Waals surface area contributed by atoms with Crippen molar-refractivity contribution in [2.45, 2.75) is 26.3 Å². The summed E-state index contributed by atoms with van der Waals surface area (Å²) in [6.07, 6.45) is 0. The SMILES string of the molecule is Cc1nn(C)c(C)c1C1CN(C(=O)c2cc(-c3ccccc3)on2)Cc2ccccc21. The van der Waals surface area contributed by atoms with Gasteiger partial charge in [0.2, 0.25) is 0 Å². The van der Waals surface area contributed by atoms with Gasteiger partial charge in [0.15, 0.2) is 11.5 Å². The Hall–Kier alpha value is -3.67. The molecule has 1 amide bonds. The van der Waals surface area contributed by atoms with E-state index in [0.717, 1.165) is 22.5 Å². The summed E-state index contributed by atoms with van der Waals surface area (Å²) in [4.78, 5) is 15.3. The molecule has 0 fully saturated rings. The van der Waals surface area contributed by atoms with Crippen LogP contribution in [0.15, 0.2) is 65.2 Å². The van der Waals surface area contributed by atoms with E-state index in [1.807, 2.05) is 60.0 Å². The van der Waals surface area contributed by atoms with Gasteiger partial charge in [0.1, 0.15) is 0 Å². The van der Waals surface area contributed by atoms with Crippen molar-refractivity contribution in [3.05, 3.63) is 94.4 Å². The molecular formula is C25H24N4O2. The van der Waals surface area contributed by atoms with Gasteiger partial charge in [-0.25, -0.2) is 0 Å². The first-order valence-corrected chi connectivity index (χ1v) is 10.4. The number of fused-ring (bicyclic) bond motifs is 1. The summed E-state index contributed by atoms with van der Waals surface area (Å²) < 4.78 is 7.39. The third kappa shape index (κ3) is 3.34. The molecule has 5 rings (SSSR count). The minimum absolute atomic E-state index is 0.0723. The van der Waals surface area contributed by atoms with Gasteiger partial charge in [-0.3, -0.25) is 9.48 Å². The Morgan fingerprint density at radius 1 is 1.06 bits per heavy atom. The molecule has 31 heavy (non-hydrogen) atoms. The molecule has 6 nitrogen and oxygen atoms in total. The minimum atomic E-state index is -0.121. The Balaban J connectivity index is 1.50. The molecule has 0 radical (unpaired) electrons. The van der Waals surface area contributed by atoms with Gasteiger partial charge >= 0.3 is 0 Å². The number of aromatic nitrogens is 3. The first kappa shape index (κ1) is 19.3. The number of hydrogen-bond acceptors (Lipinski definition) is 4. The van der Waals surface area contributed by atoms with Crippen molar-refractivity contribution in [1.82, 2.24) is 19.8 Å². The Morgan fingerprint density at radius 3 is 2.55 bits per heavy atom. The molecule has 1 aliphatic rings. The molecule has 0 saturated carbocycles. The molecule has 156 valence electrons. The molecule has 0 aliphatic carbocycles. The van der Waals surface area contributed by atoms with E-state index in [2.05, 4.69) is 35.4 Å². The third-order valence-electron chi connectivity index (χ3n) is 6.18. The van der Waals surface area contributed by atoms with E-state index >= 15 is 0 Å². The van der Waals surface area contributed by atoms with Crippen LogP contribution >= 0.6 is 0 Å². The lowest BCUT2D eigenvalue weighted by Crippen LogP contribution is -2.39. The van der Waals surface area contributed by atoms with Crippen LogP contribution in [-0.4, -0.2) is 32.3 Å². The third-order valence-corrected chi connectivity index (χ3v) is 6.18. The lowest BCUT2D eigenvalue weighted by Gasteiger charge is -2.34. The van der Waals surface area contributed by atoms with E-state index in [-0.39, 0.29) is 11.8 Å². The lowest BCUT2D eigenvalue weighted by molar-refractivity contribution is 0.0714. The predicted octanol–water partition coefficient (Wildman–Crippen LogP) is 4.48. The summed E-state index contributed by atoms with van der Waals surface area (Å²) in [6.45, 7) is 5.26. The van der Waals surface area contributed by atoms with E-state index in [4.69, 9.17) is 4.52 Å². The van der Waals surface area contributed by atoms with Gasteiger partial charge in [-0.15, -0.1) is 0 Å². The van der Waals surface area contributed by atoms with E-state index in [0.29, 0.717) is 24.5 Å². The Bertz CT molecular complexity index is 1260. The molecule has 0 spiro atoms. The predicted molar refractivity (Wildman–Crippen MR) is 118 cm³/mol. The van der Waals surface area contributed by atoms with Gasteiger partial charge < -0.3 is 9.42 Å². The van der Waals surface area contributed by atoms with E-state index in [1.165, 1.54) is 11.1 Å². The highest BCUT2D eigenvalue weighted by Gasteiger charge is 2.33. The molecule has 2 aromatic heterocycles. The van der Waals surface area contributed by atoms with Crippen molar-refractivity contribution < 1.29 is 9.32 Å². The largest absolute Gasteiger partial charge is 0.355 e. The molecule has 0 bridgehead atoms. The summed E-state index contributed by atoms with van der Waals surface area (Å²) in [6, 6.07) is 19.8. The van der Waals surface area contributed by atoms with Crippen molar-refractivity contribution in [3.63, 3.8) is 0 Å². The van der Waals surface area contributed by atoms with Crippen molar-refractivity contribution in [3.8, 4) is 11.3 Å². The minimum Gasteiger partial charge on any atom is -0.355 e.